The molecule has 0 amide bonds. The predicted molar refractivity (Wildman–Crippen MR) is 105 cm³/mol. The molecule has 1 aliphatic heterocycles. The van der Waals surface area contributed by atoms with E-state index in [4.69, 9.17) is 4.98 Å². The molecule has 4 rings (SSSR count). The summed E-state index contributed by atoms with van der Waals surface area (Å²) in [5, 5.41) is 0.778. The molecule has 1 aromatic heterocycles. The van der Waals surface area contributed by atoms with Crippen molar-refractivity contribution in [3.63, 3.8) is 0 Å². The van der Waals surface area contributed by atoms with Gasteiger partial charge < -0.3 is 0 Å². The van der Waals surface area contributed by atoms with Crippen LogP contribution in [0.25, 0.3) is 5.69 Å². The van der Waals surface area contributed by atoms with Gasteiger partial charge >= 0.3 is 0 Å². The molecule has 0 bridgehead atoms. The first kappa shape index (κ1) is 16.5. The Balaban J connectivity index is 1.77. The zero-order chi connectivity index (χ0) is 17.2. The van der Waals surface area contributed by atoms with E-state index >= 15 is 0 Å². The summed E-state index contributed by atoms with van der Waals surface area (Å²) in [6, 6.07) is 18.2. The minimum Gasteiger partial charge on any atom is -0.268 e. The Labute approximate surface area is 155 Å². The van der Waals surface area contributed by atoms with Gasteiger partial charge in [0.1, 0.15) is 0 Å². The standard InChI is InChI=1S/C20H18N2OS2/c1-14-7-5-6-8-15(14)13-25-20-21-17-11-12-24-18(17)19(23)22(20)16-9-3-2-4-10-16/h2-10H,11-13H2,1H3. The average molecular weight is 367 g/mol. The molecular formula is C20H18N2OS2. The molecule has 0 radical (unpaired) electrons. The molecule has 126 valence electrons. The van der Waals surface area contributed by atoms with E-state index in [-0.39, 0.29) is 5.56 Å². The van der Waals surface area contributed by atoms with Crippen molar-refractivity contribution in [2.24, 2.45) is 0 Å². The van der Waals surface area contributed by atoms with E-state index in [1.165, 1.54) is 11.1 Å². The highest BCUT2D eigenvalue weighted by molar-refractivity contribution is 7.99. The summed E-state index contributed by atoms with van der Waals surface area (Å²) in [6.45, 7) is 2.12. The third-order valence-electron chi connectivity index (χ3n) is 4.30. The van der Waals surface area contributed by atoms with E-state index in [0.29, 0.717) is 0 Å². The lowest BCUT2D eigenvalue weighted by molar-refractivity contribution is 0.739. The third kappa shape index (κ3) is 3.26. The predicted octanol–water partition coefficient (Wildman–Crippen LogP) is 4.48. The van der Waals surface area contributed by atoms with Crippen molar-refractivity contribution in [3.8, 4) is 5.69 Å². The summed E-state index contributed by atoms with van der Waals surface area (Å²) in [5.41, 5.74) is 4.43. The van der Waals surface area contributed by atoms with Crippen LogP contribution in [0.3, 0.4) is 0 Å². The van der Waals surface area contributed by atoms with Crippen molar-refractivity contribution in [2.75, 3.05) is 5.75 Å². The first-order valence-electron chi connectivity index (χ1n) is 8.25. The molecule has 0 aliphatic carbocycles. The van der Waals surface area contributed by atoms with Crippen LogP contribution in [0.1, 0.15) is 16.8 Å². The molecule has 5 heteroatoms. The fourth-order valence-electron chi connectivity index (χ4n) is 2.91. The smallest absolute Gasteiger partial charge is 0.268 e. The van der Waals surface area contributed by atoms with Gasteiger partial charge in [-0.05, 0) is 30.2 Å². The summed E-state index contributed by atoms with van der Waals surface area (Å²) in [5.74, 6) is 1.75. The molecule has 1 aliphatic rings. The second kappa shape index (κ2) is 7.10. The van der Waals surface area contributed by atoms with Gasteiger partial charge in [0, 0.05) is 17.9 Å². The molecule has 0 unspecified atom stereocenters. The Morgan fingerprint density at radius 3 is 2.68 bits per heavy atom. The molecule has 0 saturated heterocycles. The minimum absolute atomic E-state index is 0.0611. The van der Waals surface area contributed by atoms with Crippen LogP contribution < -0.4 is 5.56 Å². The second-order valence-corrected chi connectivity index (χ2v) is 8.01. The maximum Gasteiger partial charge on any atom is 0.272 e. The van der Waals surface area contributed by atoms with E-state index in [9.17, 15) is 4.79 Å². The Morgan fingerprint density at radius 1 is 1.12 bits per heavy atom. The number of fused-ring (bicyclic) bond motifs is 1. The maximum atomic E-state index is 13.0. The Kier molecular flexibility index (Phi) is 4.68. The van der Waals surface area contributed by atoms with Gasteiger partial charge in [-0.25, -0.2) is 4.98 Å². The second-order valence-electron chi connectivity index (χ2n) is 5.96. The minimum atomic E-state index is 0.0611. The summed E-state index contributed by atoms with van der Waals surface area (Å²) in [6.07, 6.45) is 0.878. The summed E-state index contributed by atoms with van der Waals surface area (Å²) < 4.78 is 1.76. The van der Waals surface area contributed by atoms with Crippen LogP contribution in [0.2, 0.25) is 0 Å². The van der Waals surface area contributed by atoms with E-state index in [1.807, 2.05) is 36.4 Å². The number of hydrogen-bond acceptors (Lipinski definition) is 4. The van der Waals surface area contributed by atoms with Gasteiger partial charge in [-0.3, -0.25) is 9.36 Å². The largest absolute Gasteiger partial charge is 0.272 e. The van der Waals surface area contributed by atoms with E-state index in [1.54, 1.807) is 28.1 Å². The van der Waals surface area contributed by atoms with Crippen LogP contribution in [0.5, 0.6) is 0 Å². The Morgan fingerprint density at radius 2 is 1.88 bits per heavy atom. The van der Waals surface area contributed by atoms with Crippen LogP contribution in [-0.2, 0) is 12.2 Å². The van der Waals surface area contributed by atoms with Crippen molar-refractivity contribution in [2.45, 2.75) is 29.1 Å². The van der Waals surface area contributed by atoms with Crippen molar-refractivity contribution in [1.29, 1.82) is 0 Å². The maximum absolute atomic E-state index is 13.0. The highest BCUT2D eigenvalue weighted by atomic mass is 32.2. The highest BCUT2D eigenvalue weighted by Crippen LogP contribution is 2.31. The molecule has 0 atom stereocenters. The molecule has 0 saturated carbocycles. The van der Waals surface area contributed by atoms with Gasteiger partial charge in [0.25, 0.3) is 5.56 Å². The molecule has 3 nitrogen and oxygen atoms in total. The molecule has 2 aromatic carbocycles. The SMILES string of the molecule is Cc1ccccc1CSc1nc2c(c(=O)n1-c1ccccc1)SCC2. The number of benzene rings is 2. The van der Waals surface area contributed by atoms with Gasteiger partial charge in [0.15, 0.2) is 5.16 Å². The summed E-state index contributed by atoms with van der Waals surface area (Å²) in [7, 11) is 0. The van der Waals surface area contributed by atoms with Crippen LogP contribution in [0.15, 0.2) is 69.4 Å². The van der Waals surface area contributed by atoms with Crippen LogP contribution in [0.4, 0.5) is 0 Å². The fourth-order valence-corrected chi connectivity index (χ4v) is 5.04. The van der Waals surface area contributed by atoms with Gasteiger partial charge in [-0.2, -0.15) is 0 Å². The van der Waals surface area contributed by atoms with Crippen molar-refractivity contribution >= 4 is 23.5 Å². The van der Waals surface area contributed by atoms with Crippen molar-refractivity contribution in [3.05, 3.63) is 81.8 Å². The zero-order valence-electron chi connectivity index (χ0n) is 13.9. The van der Waals surface area contributed by atoms with Crippen LogP contribution in [0, 0.1) is 6.92 Å². The monoisotopic (exact) mass is 366 g/mol. The lowest BCUT2D eigenvalue weighted by Crippen LogP contribution is -2.23. The number of aryl methyl sites for hydroxylation is 2. The molecule has 0 spiro atoms. The Hall–Kier alpha value is -1.98. The molecule has 2 heterocycles. The molecule has 3 aromatic rings. The topological polar surface area (TPSA) is 34.9 Å². The van der Waals surface area contributed by atoms with Crippen molar-refractivity contribution < 1.29 is 0 Å². The summed E-state index contributed by atoms with van der Waals surface area (Å²) >= 11 is 3.26. The van der Waals surface area contributed by atoms with E-state index < -0.39 is 0 Å². The van der Waals surface area contributed by atoms with E-state index in [2.05, 4.69) is 25.1 Å². The van der Waals surface area contributed by atoms with Gasteiger partial charge in [0.05, 0.1) is 16.3 Å². The third-order valence-corrected chi connectivity index (χ3v) is 6.39. The van der Waals surface area contributed by atoms with Crippen molar-refractivity contribution in [1.82, 2.24) is 9.55 Å². The number of rotatable bonds is 4. The van der Waals surface area contributed by atoms with Crippen LogP contribution >= 0.6 is 23.5 Å². The fraction of sp³-hybridized carbons (Fsp3) is 0.200. The zero-order valence-corrected chi connectivity index (χ0v) is 15.6. The lowest BCUT2D eigenvalue weighted by Gasteiger charge is -2.14. The first-order valence-corrected chi connectivity index (χ1v) is 10.2. The summed E-state index contributed by atoms with van der Waals surface area (Å²) in [4.78, 5) is 18.7. The average Bonchev–Trinajstić information content (AvgIpc) is 3.11. The normalized spacial score (nSPS) is 13.0. The molecule has 0 fully saturated rings. The van der Waals surface area contributed by atoms with Crippen LogP contribution in [-0.4, -0.2) is 15.3 Å². The Bertz CT molecular complexity index is 967. The number of thioether (sulfide) groups is 2. The molecular weight excluding hydrogens is 348 g/mol. The molecule has 25 heavy (non-hydrogen) atoms. The number of aromatic nitrogens is 2. The van der Waals surface area contributed by atoms with Gasteiger partial charge in [-0.1, -0.05) is 54.2 Å². The van der Waals surface area contributed by atoms with E-state index in [0.717, 1.165) is 39.4 Å². The number of para-hydroxylation sites is 1. The lowest BCUT2D eigenvalue weighted by atomic mass is 10.1. The van der Waals surface area contributed by atoms with Gasteiger partial charge in [-0.15, -0.1) is 11.8 Å². The molecule has 0 N–H and O–H groups in total. The highest BCUT2D eigenvalue weighted by Gasteiger charge is 2.22. The number of hydrogen-bond donors (Lipinski definition) is 0. The number of nitrogens with zero attached hydrogens (tertiary/aromatic N) is 2. The first-order chi connectivity index (χ1) is 12.2. The van der Waals surface area contributed by atoms with Gasteiger partial charge in [0.2, 0.25) is 0 Å². The quantitative estimate of drug-likeness (QED) is 0.504.